The summed E-state index contributed by atoms with van der Waals surface area (Å²) in [5, 5.41) is 2.80. The molecular weight excluding hydrogens is 615 g/mol. The number of esters is 3. The topological polar surface area (TPSA) is 108 Å². The SMILES string of the molecule is CCOC(=O)C(COC(=O)Cc1ccccc1NC(=O)c1ccccc1-c1ccc(C(F)(F)F)cc1)(C(=O)OCC)C1CCCCC1. The molecule has 47 heavy (non-hydrogen) atoms. The molecule has 0 aliphatic heterocycles. The van der Waals surface area contributed by atoms with Crippen molar-refractivity contribution < 1.29 is 46.6 Å². The van der Waals surface area contributed by atoms with E-state index in [1.807, 2.05) is 0 Å². The van der Waals surface area contributed by atoms with Crippen molar-refractivity contribution in [1.82, 2.24) is 0 Å². The van der Waals surface area contributed by atoms with Crippen molar-refractivity contribution in [3.63, 3.8) is 0 Å². The summed E-state index contributed by atoms with van der Waals surface area (Å²) in [7, 11) is 0. The molecule has 1 aliphatic carbocycles. The van der Waals surface area contributed by atoms with Gasteiger partial charge in [-0.05, 0) is 73.6 Å². The molecule has 8 nitrogen and oxygen atoms in total. The molecule has 1 saturated carbocycles. The third-order valence-corrected chi connectivity index (χ3v) is 8.34. The number of nitrogens with one attached hydrogen (secondary N) is 1. The van der Waals surface area contributed by atoms with E-state index in [4.69, 9.17) is 14.2 Å². The van der Waals surface area contributed by atoms with Crippen molar-refractivity contribution in [3.05, 3.63) is 89.5 Å². The van der Waals surface area contributed by atoms with Crippen LogP contribution in [0.3, 0.4) is 0 Å². The highest BCUT2D eigenvalue weighted by Gasteiger charge is 2.56. The van der Waals surface area contributed by atoms with E-state index in [0.29, 0.717) is 35.2 Å². The fourth-order valence-corrected chi connectivity index (χ4v) is 5.93. The van der Waals surface area contributed by atoms with Gasteiger partial charge in [-0.15, -0.1) is 0 Å². The number of benzene rings is 3. The molecule has 3 aromatic carbocycles. The number of amides is 1. The number of ether oxygens (including phenoxy) is 3. The Balaban J connectivity index is 1.53. The number of carbonyl (C=O) groups excluding carboxylic acids is 4. The molecule has 1 N–H and O–H groups in total. The van der Waals surface area contributed by atoms with Gasteiger partial charge < -0.3 is 19.5 Å². The van der Waals surface area contributed by atoms with Crippen molar-refractivity contribution in [2.75, 3.05) is 25.1 Å². The smallest absolute Gasteiger partial charge is 0.416 e. The number of anilines is 1. The summed E-state index contributed by atoms with van der Waals surface area (Å²) in [4.78, 5) is 53.4. The molecule has 1 amide bonds. The number of para-hydroxylation sites is 1. The van der Waals surface area contributed by atoms with E-state index in [2.05, 4.69) is 5.32 Å². The minimum atomic E-state index is -4.49. The van der Waals surface area contributed by atoms with Crippen LogP contribution in [0.15, 0.2) is 72.8 Å². The lowest BCUT2D eigenvalue weighted by Crippen LogP contribution is -2.52. The van der Waals surface area contributed by atoms with Crippen LogP contribution < -0.4 is 5.32 Å². The minimum absolute atomic E-state index is 0.0374. The van der Waals surface area contributed by atoms with Crippen LogP contribution in [0.4, 0.5) is 18.9 Å². The average molecular weight is 654 g/mol. The molecule has 0 heterocycles. The van der Waals surface area contributed by atoms with E-state index in [1.165, 1.54) is 12.1 Å². The Labute approximate surface area is 271 Å². The maximum Gasteiger partial charge on any atom is 0.416 e. The fraction of sp³-hybridized carbons (Fsp3) is 0.389. The molecule has 0 unspecified atom stereocenters. The summed E-state index contributed by atoms with van der Waals surface area (Å²) in [5.74, 6) is -3.25. The number of rotatable bonds is 12. The summed E-state index contributed by atoms with van der Waals surface area (Å²) in [6.07, 6.45) is -1.02. The third kappa shape index (κ3) is 8.38. The summed E-state index contributed by atoms with van der Waals surface area (Å²) in [5.41, 5.74) is -0.815. The first-order chi connectivity index (χ1) is 22.5. The van der Waals surface area contributed by atoms with Crippen molar-refractivity contribution in [2.24, 2.45) is 11.3 Å². The van der Waals surface area contributed by atoms with E-state index in [0.717, 1.165) is 31.4 Å². The van der Waals surface area contributed by atoms with Crippen LogP contribution in [-0.2, 0) is 41.2 Å². The van der Waals surface area contributed by atoms with Gasteiger partial charge in [0.05, 0.1) is 25.2 Å². The molecule has 3 aromatic rings. The van der Waals surface area contributed by atoms with E-state index in [9.17, 15) is 32.3 Å². The number of hydrogen-bond acceptors (Lipinski definition) is 7. The van der Waals surface area contributed by atoms with Crippen LogP contribution >= 0.6 is 0 Å². The maximum atomic E-state index is 13.5. The average Bonchev–Trinajstić information content (AvgIpc) is 3.06. The normalized spacial score (nSPS) is 13.8. The van der Waals surface area contributed by atoms with E-state index in [1.54, 1.807) is 62.4 Å². The number of carbonyl (C=O) groups is 4. The Hall–Kier alpha value is -4.67. The second kappa shape index (κ2) is 15.8. The Morgan fingerprint density at radius 1 is 0.766 bits per heavy atom. The molecule has 250 valence electrons. The van der Waals surface area contributed by atoms with Gasteiger partial charge in [0.1, 0.15) is 6.61 Å². The number of alkyl halides is 3. The molecule has 0 radical (unpaired) electrons. The molecule has 0 spiro atoms. The van der Waals surface area contributed by atoms with Gasteiger partial charge in [0, 0.05) is 11.3 Å². The van der Waals surface area contributed by atoms with Gasteiger partial charge in [-0.1, -0.05) is 67.8 Å². The molecule has 11 heteroatoms. The van der Waals surface area contributed by atoms with Crippen molar-refractivity contribution in [3.8, 4) is 11.1 Å². The standard InChI is InChI=1S/C36H38F3NO7/c1-3-45-33(43)35(34(44)46-4-2,26-13-6-5-7-14-26)23-47-31(41)22-25-12-8-11-17-30(25)40-32(42)29-16-10-9-15-28(29)24-18-20-27(21-19-24)36(37,38)39/h8-12,15-21,26H,3-7,13-14,22-23H2,1-2H3,(H,40,42). The molecule has 0 aromatic heterocycles. The van der Waals surface area contributed by atoms with Gasteiger partial charge in [-0.2, -0.15) is 13.2 Å². The second-order valence-electron chi connectivity index (χ2n) is 11.3. The van der Waals surface area contributed by atoms with Crippen LogP contribution in [0, 0.1) is 11.3 Å². The predicted molar refractivity (Wildman–Crippen MR) is 168 cm³/mol. The molecule has 4 rings (SSSR count). The minimum Gasteiger partial charge on any atom is -0.465 e. The molecular formula is C36H38F3NO7. The monoisotopic (exact) mass is 653 g/mol. The van der Waals surface area contributed by atoms with Gasteiger partial charge in [0.15, 0.2) is 0 Å². The Morgan fingerprint density at radius 2 is 1.36 bits per heavy atom. The lowest BCUT2D eigenvalue weighted by molar-refractivity contribution is -0.185. The van der Waals surface area contributed by atoms with Gasteiger partial charge in [-0.3, -0.25) is 19.2 Å². The van der Waals surface area contributed by atoms with Crippen molar-refractivity contribution in [1.29, 1.82) is 0 Å². The Kier molecular flexibility index (Phi) is 11.8. The zero-order chi connectivity index (χ0) is 34.0. The summed E-state index contributed by atoms with van der Waals surface area (Å²) in [6.45, 7) is 2.80. The van der Waals surface area contributed by atoms with Crippen LogP contribution in [-0.4, -0.2) is 43.6 Å². The first-order valence-electron chi connectivity index (χ1n) is 15.7. The molecule has 0 atom stereocenters. The van der Waals surface area contributed by atoms with Gasteiger partial charge in [0.2, 0.25) is 5.41 Å². The summed E-state index contributed by atoms with van der Waals surface area (Å²) in [6, 6.07) is 17.6. The highest BCUT2D eigenvalue weighted by molar-refractivity contribution is 6.09. The summed E-state index contributed by atoms with van der Waals surface area (Å²) < 4.78 is 55.5. The molecule has 0 saturated heterocycles. The van der Waals surface area contributed by atoms with Crippen molar-refractivity contribution in [2.45, 2.75) is 58.5 Å². The number of halogens is 3. The third-order valence-electron chi connectivity index (χ3n) is 8.34. The highest BCUT2D eigenvalue weighted by Crippen LogP contribution is 2.42. The van der Waals surface area contributed by atoms with Crippen LogP contribution in [0.5, 0.6) is 0 Å². The fourth-order valence-electron chi connectivity index (χ4n) is 5.93. The molecule has 1 aliphatic rings. The van der Waals surface area contributed by atoms with E-state index >= 15 is 0 Å². The molecule has 0 bridgehead atoms. The zero-order valence-corrected chi connectivity index (χ0v) is 26.4. The second-order valence-corrected chi connectivity index (χ2v) is 11.3. The lowest BCUT2D eigenvalue weighted by atomic mass is 9.69. The van der Waals surface area contributed by atoms with Gasteiger partial charge >= 0.3 is 24.1 Å². The van der Waals surface area contributed by atoms with Crippen LogP contribution in [0.2, 0.25) is 0 Å². The summed E-state index contributed by atoms with van der Waals surface area (Å²) >= 11 is 0. The van der Waals surface area contributed by atoms with Gasteiger partial charge in [-0.25, -0.2) is 0 Å². The maximum absolute atomic E-state index is 13.5. The first-order valence-corrected chi connectivity index (χ1v) is 15.7. The predicted octanol–water partition coefficient (Wildman–Crippen LogP) is 7.40. The Bertz CT molecular complexity index is 1550. The van der Waals surface area contributed by atoms with Crippen LogP contribution in [0.25, 0.3) is 11.1 Å². The van der Waals surface area contributed by atoms with Gasteiger partial charge in [0.25, 0.3) is 5.91 Å². The molecule has 1 fully saturated rings. The first kappa shape index (κ1) is 35.2. The van der Waals surface area contributed by atoms with Crippen LogP contribution in [0.1, 0.15) is 67.4 Å². The van der Waals surface area contributed by atoms with Crippen molar-refractivity contribution >= 4 is 29.5 Å². The highest BCUT2D eigenvalue weighted by atomic mass is 19.4. The quantitative estimate of drug-likeness (QED) is 0.123. The lowest BCUT2D eigenvalue weighted by Gasteiger charge is -2.37. The van der Waals surface area contributed by atoms with E-state index in [-0.39, 0.29) is 25.2 Å². The largest absolute Gasteiger partial charge is 0.465 e. The number of hydrogen-bond donors (Lipinski definition) is 1. The zero-order valence-electron chi connectivity index (χ0n) is 26.4. The van der Waals surface area contributed by atoms with E-state index < -0.39 is 53.5 Å². The Morgan fingerprint density at radius 3 is 1.98 bits per heavy atom.